The van der Waals surface area contributed by atoms with Crippen LogP contribution in [0.15, 0.2) is 6.33 Å². The number of rotatable bonds is 6. The Morgan fingerprint density at radius 2 is 2.29 bits per heavy atom. The van der Waals surface area contributed by atoms with E-state index in [1.54, 1.807) is 0 Å². The van der Waals surface area contributed by atoms with Gasteiger partial charge in [0.05, 0.1) is 18.3 Å². The van der Waals surface area contributed by atoms with Crippen molar-refractivity contribution < 1.29 is 9.84 Å². The highest BCUT2D eigenvalue weighted by Gasteiger charge is 2.29. The summed E-state index contributed by atoms with van der Waals surface area (Å²) in [5, 5.41) is 12.9. The lowest BCUT2D eigenvalue weighted by atomic mass is 10.2. The summed E-state index contributed by atoms with van der Waals surface area (Å²) in [6, 6.07) is 0. The summed E-state index contributed by atoms with van der Waals surface area (Å²) in [5.41, 5.74) is 0.886. The maximum absolute atomic E-state index is 9.78. The van der Waals surface area contributed by atoms with Crippen LogP contribution in [0.1, 0.15) is 25.3 Å². The summed E-state index contributed by atoms with van der Waals surface area (Å²) in [6.45, 7) is 4.96. The van der Waals surface area contributed by atoms with Crippen LogP contribution < -0.4 is 10.1 Å². The average Bonchev–Trinajstić information content (AvgIpc) is 3.14. The molecule has 5 nitrogen and oxygen atoms in total. The Labute approximate surface area is 101 Å². The van der Waals surface area contributed by atoms with Crippen molar-refractivity contribution in [2.45, 2.75) is 32.8 Å². The van der Waals surface area contributed by atoms with Crippen LogP contribution in [0.3, 0.4) is 0 Å². The van der Waals surface area contributed by atoms with E-state index in [2.05, 4.69) is 15.3 Å². The molecule has 0 spiro atoms. The molecule has 5 heteroatoms. The van der Waals surface area contributed by atoms with E-state index in [1.807, 2.05) is 13.8 Å². The zero-order valence-electron chi connectivity index (χ0n) is 10.3. The van der Waals surface area contributed by atoms with Gasteiger partial charge in [0.1, 0.15) is 12.1 Å². The highest BCUT2D eigenvalue weighted by atomic mass is 16.5. The molecule has 1 saturated carbocycles. The van der Waals surface area contributed by atoms with Crippen molar-refractivity contribution in [2.24, 2.45) is 5.92 Å². The third-order valence-corrected chi connectivity index (χ3v) is 2.96. The van der Waals surface area contributed by atoms with E-state index in [0.717, 1.165) is 24.2 Å². The van der Waals surface area contributed by atoms with Crippen LogP contribution in [0, 0.1) is 12.8 Å². The average molecular weight is 237 g/mol. The molecule has 17 heavy (non-hydrogen) atoms. The molecule has 2 N–H and O–H groups in total. The van der Waals surface area contributed by atoms with Crippen LogP contribution in [0.5, 0.6) is 5.88 Å². The summed E-state index contributed by atoms with van der Waals surface area (Å²) in [6.07, 6.45) is 3.47. The highest BCUT2D eigenvalue weighted by molar-refractivity contribution is 5.47. The van der Waals surface area contributed by atoms with Gasteiger partial charge < -0.3 is 15.2 Å². The molecule has 0 bridgehead atoms. The predicted octanol–water partition coefficient (Wildman–Crippen LogP) is 1.37. The van der Waals surface area contributed by atoms with Crippen LogP contribution in [0.2, 0.25) is 0 Å². The summed E-state index contributed by atoms with van der Waals surface area (Å²) in [7, 11) is 0. The van der Waals surface area contributed by atoms with Crippen molar-refractivity contribution in [1.82, 2.24) is 9.97 Å². The zero-order chi connectivity index (χ0) is 12.3. The molecule has 1 unspecified atom stereocenters. The van der Waals surface area contributed by atoms with Gasteiger partial charge in [0.15, 0.2) is 0 Å². The van der Waals surface area contributed by atoms with Crippen LogP contribution >= 0.6 is 0 Å². The lowest BCUT2D eigenvalue weighted by molar-refractivity contribution is 0.164. The number of aromatic nitrogens is 2. The van der Waals surface area contributed by atoms with Gasteiger partial charge in [-0.25, -0.2) is 9.97 Å². The van der Waals surface area contributed by atoms with E-state index in [9.17, 15) is 5.11 Å². The Balaban J connectivity index is 1.96. The Kier molecular flexibility index (Phi) is 3.78. The van der Waals surface area contributed by atoms with Crippen molar-refractivity contribution >= 4 is 5.82 Å². The van der Waals surface area contributed by atoms with E-state index in [0.29, 0.717) is 24.9 Å². The van der Waals surface area contributed by atoms with Gasteiger partial charge in [-0.1, -0.05) is 0 Å². The van der Waals surface area contributed by atoms with Gasteiger partial charge in [-0.15, -0.1) is 0 Å². The van der Waals surface area contributed by atoms with Gasteiger partial charge in [0, 0.05) is 6.54 Å². The van der Waals surface area contributed by atoms with Gasteiger partial charge >= 0.3 is 0 Å². The first-order chi connectivity index (χ1) is 8.22. The third-order valence-electron chi connectivity index (χ3n) is 2.96. The Bertz CT molecular complexity index is 380. The van der Waals surface area contributed by atoms with Gasteiger partial charge in [-0.3, -0.25) is 0 Å². The van der Waals surface area contributed by atoms with Crippen LogP contribution in [-0.4, -0.2) is 34.3 Å². The SMILES string of the molecule is CCOc1ncnc(NCC(O)C2CC2)c1C. The molecule has 0 aliphatic heterocycles. The second-order valence-corrected chi connectivity index (χ2v) is 4.37. The van der Waals surface area contributed by atoms with E-state index in [4.69, 9.17) is 4.74 Å². The van der Waals surface area contributed by atoms with Crippen LogP contribution in [0.4, 0.5) is 5.82 Å². The first kappa shape index (κ1) is 12.1. The van der Waals surface area contributed by atoms with E-state index in [-0.39, 0.29) is 6.10 Å². The predicted molar refractivity (Wildman–Crippen MR) is 65.2 cm³/mol. The molecule has 1 aromatic rings. The van der Waals surface area contributed by atoms with Gasteiger partial charge in [0.25, 0.3) is 0 Å². The molecule has 1 aliphatic carbocycles. The molecule has 1 aromatic heterocycles. The van der Waals surface area contributed by atoms with E-state index >= 15 is 0 Å². The number of anilines is 1. The molecule has 2 rings (SSSR count). The Morgan fingerprint density at radius 1 is 1.53 bits per heavy atom. The standard InChI is InChI=1S/C12H19N3O2/c1-3-17-12-8(2)11(14-7-15-12)13-6-10(16)9-4-5-9/h7,9-10,16H,3-6H2,1-2H3,(H,13,14,15). The number of ether oxygens (including phenoxy) is 1. The summed E-state index contributed by atoms with van der Waals surface area (Å²) in [5.74, 6) is 1.81. The summed E-state index contributed by atoms with van der Waals surface area (Å²) >= 11 is 0. The minimum absolute atomic E-state index is 0.278. The largest absolute Gasteiger partial charge is 0.478 e. The maximum atomic E-state index is 9.78. The van der Waals surface area contributed by atoms with Gasteiger partial charge in [-0.05, 0) is 32.6 Å². The minimum Gasteiger partial charge on any atom is -0.478 e. The molecule has 94 valence electrons. The van der Waals surface area contributed by atoms with Crippen LogP contribution in [0.25, 0.3) is 0 Å². The molecule has 1 aliphatic rings. The lowest BCUT2D eigenvalue weighted by Crippen LogP contribution is -2.22. The van der Waals surface area contributed by atoms with E-state index < -0.39 is 0 Å². The minimum atomic E-state index is -0.278. The summed E-state index contributed by atoms with van der Waals surface area (Å²) < 4.78 is 5.39. The fraction of sp³-hybridized carbons (Fsp3) is 0.667. The third kappa shape index (κ3) is 3.06. The monoisotopic (exact) mass is 237 g/mol. The normalized spacial score (nSPS) is 16.6. The molecular formula is C12H19N3O2. The number of nitrogens with one attached hydrogen (secondary N) is 1. The molecule has 1 heterocycles. The smallest absolute Gasteiger partial charge is 0.221 e. The van der Waals surface area contributed by atoms with Crippen molar-refractivity contribution in [3.8, 4) is 5.88 Å². The highest BCUT2D eigenvalue weighted by Crippen LogP contribution is 2.32. The Morgan fingerprint density at radius 3 is 2.94 bits per heavy atom. The molecule has 0 amide bonds. The van der Waals surface area contributed by atoms with Crippen molar-refractivity contribution in [3.05, 3.63) is 11.9 Å². The number of aliphatic hydroxyl groups is 1. The van der Waals surface area contributed by atoms with Crippen LogP contribution in [-0.2, 0) is 0 Å². The number of nitrogens with zero attached hydrogens (tertiary/aromatic N) is 2. The summed E-state index contributed by atoms with van der Waals surface area (Å²) in [4.78, 5) is 8.23. The van der Waals surface area contributed by atoms with Crippen molar-refractivity contribution in [3.63, 3.8) is 0 Å². The van der Waals surface area contributed by atoms with Crippen molar-refractivity contribution in [1.29, 1.82) is 0 Å². The quantitative estimate of drug-likeness (QED) is 0.782. The molecule has 1 atom stereocenters. The fourth-order valence-corrected chi connectivity index (χ4v) is 1.74. The molecule has 1 fully saturated rings. The first-order valence-electron chi connectivity index (χ1n) is 6.08. The maximum Gasteiger partial charge on any atom is 0.221 e. The second kappa shape index (κ2) is 5.31. The zero-order valence-corrected chi connectivity index (χ0v) is 10.3. The molecule has 0 saturated heterocycles. The lowest BCUT2D eigenvalue weighted by Gasteiger charge is -2.14. The van der Waals surface area contributed by atoms with Gasteiger partial charge in [-0.2, -0.15) is 0 Å². The molecular weight excluding hydrogens is 218 g/mol. The van der Waals surface area contributed by atoms with Crippen molar-refractivity contribution in [2.75, 3.05) is 18.5 Å². The Hall–Kier alpha value is -1.36. The molecule has 0 aromatic carbocycles. The fourth-order valence-electron chi connectivity index (χ4n) is 1.74. The second-order valence-electron chi connectivity index (χ2n) is 4.37. The first-order valence-corrected chi connectivity index (χ1v) is 6.08. The number of aliphatic hydroxyl groups excluding tert-OH is 1. The van der Waals surface area contributed by atoms with Gasteiger partial charge in [0.2, 0.25) is 5.88 Å². The topological polar surface area (TPSA) is 67.3 Å². The number of hydrogen-bond acceptors (Lipinski definition) is 5. The molecule has 0 radical (unpaired) electrons. The number of hydrogen-bond donors (Lipinski definition) is 2. The van der Waals surface area contributed by atoms with E-state index in [1.165, 1.54) is 6.33 Å².